The molecule has 19 heavy (non-hydrogen) atoms. The summed E-state index contributed by atoms with van der Waals surface area (Å²) in [6.07, 6.45) is 3.91. The molecule has 0 bridgehead atoms. The second kappa shape index (κ2) is 4.53. The highest BCUT2D eigenvalue weighted by Gasteiger charge is 2.10. The van der Waals surface area contributed by atoms with E-state index in [-0.39, 0.29) is 5.56 Å². The Kier molecular flexibility index (Phi) is 2.72. The number of aromatic carboxylic acids is 1. The Hall–Kier alpha value is -2.69. The van der Waals surface area contributed by atoms with Gasteiger partial charge in [-0.3, -0.25) is 0 Å². The van der Waals surface area contributed by atoms with Crippen LogP contribution in [0.3, 0.4) is 0 Å². The molecule has 2 aromatic heterocycles. The zero-order valence-electron chi connectivity index (χ0n) is 10.1. The van der Waals surface area contributed by atoms with Crippen molar-refractivity contribution in [1.82, 2.24) is 9.97 Å². The van der Waals surface area contributed by atoms with Gasteiger partial charge in [-0.05, 0) is 18.2 Å². The van der Waals surface area contributed by atoms with Crippen LogP contribution in [-0.2, 0) is 6.54 Å². The molecule has 2 N–H and O–H groups in total. The topological polar surface area (TPSA) is 69.9 Å². The van der Waals surface area contributed by atoms with Crippen LogP contribution in [0.5, 0.6) is 0 Å². The van der Waals surface area contributed by atoms with Crippen molar-refractivity contribution in [1.29, 1.82) is 0 Å². The molecule has 0 aliphatic heterocycles. The Morgan fingerprint density at radius 2 is 2.05 bits per heavy atom. The quantitative estimate of drug-likeness (QED) is 0.697. The number of rotatable bonds is 3. The first kappa shape index (κ1) is 11.4. The molecule has 5 nitrogen and oxygen atoms in total. The molecule has 0 atom stereocenters. The Bertz CT molecular complexity index is 735. The van der Waals surface area contributed by atoms with Crippen LogP contribution in [-0.4, -0.2) is 21.0 Å². The van der Waals surface area contributed by atoms with Crippen molar-refractivity contribution in [2.45, 2.75) is 6.54 Å². The van der Waals surface area contributed by atoms with E-state index in [1.807, 2.05) is 35.2 Å². The number of carboxylic acids is 1. The predicted molar refractivity (Wildman–Crippen MR) is 68.8 cm³/mol. The van der Waals surface area contributed by atoms with Gasteiger partial charge in [0.25, 0.3) is 0 Å². The first-order chi connectivity index (χ1) is 9.22. The minimum Gasteiger partial charge on any atom is -0.478 e. The summed E-state index contributed by atoms with van der Waals surface area (Å²) < 4.78 is 2.00. The van der Waals surface area contributed by atoms with Crippen LogP contribution in [0.15, 0.2) is 48.8 Å². The monoisotopic (exact) mass is 254 g/mol. The number of pyridine rings is 1. The maximum Gasteiger partial charge on any atom is 0.335 e. The number of nitrogens with zero attached hydrogens (tertiary/aromatic N) is 2. The highest BCUT2D eigenvalue weighted by atomic mass is 16.4. The van der Waals surface area contributed by atoms with Gasteiger partial charge in [0.1, 0.15) is 0 Å². The SMILES string of the molecule is O=C(O)c1ccc2nc(C[n+]3ccccc3)[nH]c2c1. The van der Waals surface area contributed by atoms with Crippen LogP contribution in [0.4, 0.5) is 0 Å². The minimum atomic E-state index is -0.935. The Morgan fingerprint density at radius 3 is 2.79 bits per heavy atom. The molecule has 3 rings (SSSR count). The van der Waals surface area contributed by atoms with Crippen molar-refractivity contribution in [3.63, 3.8) is 0 Å². The fourth-order valence-corrected chi connectivity index (χ4v) is 1.98. The molecule has 0 amide bonds. The average Bonchev–Trinajstić information content (AvgIpc) is 2.80. The van der Waals surface area contributed by atoms with Gasteiger partial charge in [-0.1, -0.05) is 6.07 Å². The number of hydrogen-bond acceptors (Lipinski definition) is 2. The van der Waals surface area contributed by atoms with E-state index in [1.54, 1.807) is 18.2 Å². The number of aromatic nitrogens is 3. The van der Waals surface area contributed by atoms with Gasteiger partial charge in [0.05, 0.1) is 16.6 Å². The van der Waals surface area contributed by atoms with Gasteiger partial charge >= 0.3 is 5.97 Å². The average molecular weight is 254 g/mol. The van der Waals surface area contributed by atoms with E-state index < -0.39 is 5.97 Å². The van der Waals surface area contributed by atoms with Crippen molar-refractivity contribution < 1.29 is 14.5 Å². The van der Waals surface area contributed by atoms with E-state index in [9.17, 15) is 4.79 Å². The van der Waals surface area contributed by atoms with Crippen molar-refractivity contribution in [3.8, 4) is 0 Å². The number of fused-ring (bicyclic) bond motifs is 1. The van der Waals surface area contributed by atoms with E-state index in [1.165, 1.54) is 0 Å². The summed E-state index contributed by atoms with van der Waals surface area (Å²) in [4.78, 5) is 18.5. The normalized spacial score (nSPS) is 10.7. The maximum atomic E-state index is 10.9. The minimum absolute atomic E-state index is 0.259. The summed E-state index contributed by atoms with van der Waals surface area (Å²) in [5.74, 6) is -0.135. The molecule has 0 unspecified atom stereocenters. The second-order valence-electron chi connectivity index (χ2n) is 4.27. The molecule has 3 aromatic rings. The highest BCUT2D eigenvalue weighted by molar-refractivity contribution is 5.92. The first-order valence-corrected chi connectivity index (χ1v) is 5.88. The van der Waals surface area contributed by atoms with Gasteiger partial charge in [0.15, 0.2) is 18.2 Å². The zero-order chi connectivity index (χ0) is 13.2. The lowest BCUT2D eigenvalue weighted by Gasteiger charge is -1.92. The molecule has 0 spiro atoms. The number of imidazole rings is 1. The number of H-pyrrole nitrogens is 1. The standard InChI is InChI=1S/C14H11N3O2/c18-14(19)10-4-5-11-12(8-10)16-13(15-11)9-17-6-2-1-3-7-17/h1-8H,9H2,(H-,15,16,18,19)/p+1. The summed E-state index contributed by atoms with van der Waals surface area (Å²) in [5, 5.41) is 8.95. The predicted octanol–water partition coefficient (Wildman–Crippen LogP) is 1.60. The molecular weight excluding hydrogens is 242 g/mol. The smallest absolute Gasteiger partial charge is 0.335 e. The number of hydrogen-bond donors (Lipinski definition) is 2. The number of carbonyl (C=O) groups is 1. The van der Waals surface area contributed by atoms with Crippen LogP contribution in [0.1, 0.15) is 16.2 Å². The van der Waals surface area contributed by atoms with E-state index >= 15 is 0 Å². The van der Waals surface area contributed by atoms with Crippen LogP contribution in [0.25, 0.3) is 11.0 Å². The molecule has 5 heteroatoms. The Labute approximate surface area is 109 Å². The fourth-order valence-electron chi connectivity index (χ4n) is 1.98. The summed E-state index contributed by atoms with van der Waals surface area (Å²) in [6, 6.07) is 10.7. The van der Waals surface area contributed by atoms with Crippen molar-refractivity contribution in [2.24, 2.45) is 0 Å². The third kappa shape index (κ3) is 2.30. The van der Waals surface area contributed by atoms with Crippen LogP contribution in [0, 0.1) is 0 Å². The van der Waals surface area contributed by atoms with E-state index in [0.717, 1.165) is 16.9 Å². The first-order valence-electron chi connectivity index (χ1n) is 5.88. The summed E-state index contributed by atoms with van der Waals surface area (Å²) >= 11 is 0. The van der Waals surface area contributed by atoms with E-state index in [2.05, 4.69) is 9.97 Å². The lowest BCUT2D eigenvalue weighted by Crippen LogP contribution is -2.33. The molecule has 0 fully saturated rings. The van der Waals surface area contributed by atoms with Crippen LogP contribution in [0.2, 0.25) is 0 Å². The molecular formula is C14H12N3O2+. The highest BCUT2D eigenvalue weighted by Crippen LogP contribution is 2.13. The molecule has 1 aromatic carbocycles. The second-order valence-corrected chi connectivity index (χ2v) is 4.27. The van der Waals surface area contributed by atoms with Crippen LogP contribution >= 0.6 is 0 Å². The zero-order valence-corrected chi connectivity index (χ0v) is 10.1. The third-order valence-corrected chi connectivity index (χ3v) is 2.89. The lowest BCUT2D eigenvalue weighted by atomic mass is 10.2. The summed E-state index contributed by atoms with van der Waals surface area (Å²) in [7, 11) is 0. The molecule has 0 radical (unpaired) electrons. The van der Waals surface area contributed by atoms with E-state index in [0.29, 0.717) is 6.54 Å². The van der Waals surface area contributed by atoms with Crippen molar-refractivity contribution in [3.05, 3.63) is 60.2 Å². The summed E-state index contributed by atoms with van der Waals surface area (Å²) in [6.45, 7) is 0.623. The number of carboxylic acid groups (broad SMARTS) is 1. The Balaban J connectivity index is 1.95. The van der Waals surface area contributed by atoms with Crippen molar-refractivity contribution >= 4 is 17.0 Å². The van der Waals surface area contributed by atoms with Crippen LogP contribution < -0.4 is 4.57 Å². The molecule has 0 saturated carbocycles. The summed E-state index contributed by atoms with van der Waals surface area (Å²) in [5.41, 5.74) is 1.78. The number of nitrogens with one attached hydrogen (secondary N) is 1. The maximum absolute atomic E-state index is 10.9. The van der Waals surface area contributed by atoms with Gasteiger partial charge in [0.2, 0.25) is 6.54 Å². The van der Waals surface area contributed by atoms with Gasteiger partial charge in [-0.2, -0.15) is 4.57 Å². The van der Waals surface area contributed by atoms with Gasteiger partial charge in [0, 0.05) is 12.1 Å². The van der Waals surface area contributed by atoms with E-state index in [4.69, 9.17) is 5.11 Å². The third-order valence-electron chi connectivity index (χ3n) is 2.89. The fraction of sp³-hybridized carbons (Fsp3) is 0.0714. The largest absolute Gasteiger partial charge is 0.478 e. The number of aromatic amines is 1. The molecule has 0 aliphatic carbocycles. The lowest BCUT2D eigenvalue weighted by molar-refractivity contribution is -0.689. The van der Waals surface area contributed by atoms with Gasteiger partial charge < -0.3 is 10.1 Å². The molecule has 0 aliphatic rings. The molecule has 0 saturated heterocycles. The molecule has 94 valence electrons. The number of benzene rings is 1. The van der Waals surface area contributed by atoms with Gasteiger partial charge in [-0.25, -0.2) is 9.78 Å². The molecule has 2 heterocycles. The Morgan fingerprint density at radius 1 is 1.26 bits per heavy atom. The van der Waals surface area contributed by atoms with Crippen molar-refractivity contribution in [2.75, 3.05) is 0 Å². The van der Waals surface area contributed by atoms with Gasteiger partial charge in [-0.15, -0.1) is 0 Å².